The maximum absolute atomic E-state index is 5.08. The highest BCUT2D eigenvalue weighted by molar-refractivity contribution is 14.1. The van der Waals surface area contributed by atoms with Gasteiger partial charge in [-0.2, -0.15) is 0 Å². The number of aromatic nitrogens is 2. The molecule has 3 heterocycles. The molecule has 4 rings (SSSR count). The minimum atomic E-state index is 0.127. The van der Waals surface area contributed by atoms with Crippen LogP contribution in [0.1, 0.15) is 25.8 Å². The predicted molar refractivity (Wildman–Crippen MR) is 110 cm³/mol. The quantitative estimate of drug-likeness (QED) is 0.422. The monoisotopic (exact) mass is 552 g/mol. The van der Waals surface area contributed by atoms with E-state index in [2.05, 4.69) is 83.1 Å². The summed E-state index contributed by atoms with van der Waals surface area (Å²) >= 11 is 9.93. The van der Waals surface area contributed by atoms with Gasteiger partial charge in [0.15, 0.2) is 0 Å². The molecule has 0 bridgehead atoms. The van der Waals surface area contributed by atoms with E-state index in [0.29, 0.717) is 0 Å². The fourth-order valence-electron chi connectivity index (χ4n) is 3.74. The van der Waals surface area contributed by atoms with E-state index in [0.717, 1.165) is 48.5 Å². The van der Waals surface area contributed by atoms with Crippen LogP contribution in [0, 0.1) is 3.57 Å². The number of imidazole rings is 1. The third-order valence-electron chi connectivity index (χ3n) is 4.75. The summed E-state index contributed by atoms with van der Waals surface area (Å²) in [5.41, 5.74) is 3.98. The standard InChI is InChI=1S/C16H19Br2IN4/c1-16(2)8-22(7-5-20-16)15-21-13-12(19)11(18)10(17)9-4-3-6-23(15)14(9)13/h20H,3-8H2,1-2H3. The average Bonchev–Trinajstić information content (AvgIpc) is 2.90. The molecule has 0 atom stereocenters. The molecule has 0 saturated carbocycles. The third-order valence-corrected chi connectivity index (χ3v) is 8.75. The first-order chi connectivity index (χ1) is 10.9. The highest BCUT2D eigenvalue weighted by Crippen LogP contribution is 2.42. The Morgan fingerprint density at radius 1 is 1.22 bits per heavy atom. The topological polar surface area (TPSA) is 33.1 Å². The fraction of sp³-hybridized carbons (Fsp3) is 0.562. The summed E-state index contributed by atoms with van der Waals surface area (Å²) in [4.78, 5) is 7.53. The van der Waals surface area contributed by atoms with Crippen molar-refractivity contribution < 1.29 is 0 Å². The second kappa shape index (κ2) is 5.85. The lowest BCUT2D eigenvalue weighted by Gasteiger charge is -2.40. The number of piperazine rings is 1. The van der Waals surface area contributed by atoms with E-state index < -0.39 is 0 Å². The van der Waals surface area contributed by atoms with Crippen molar-refractivity contribution in [3.63, 3.8) is 0 Å². The Morgan fingerprint density at radius 2 is 2.00 bits per heavy atom. The number of nitrogens with one attached hydrogen (secondary N) is 1. The van der Waals surface area contributed by atoms with Crippen LogP contribution in [0.15, 0.2) is 8.95 Å². The van der Waals surface area contributed by atoms with Crippen molar-refractivity contribution in [1.82, 2.24) is 14.9 Å². The number of nitrogens with zero attached hydrogens (tertiary/aromatic N) is 3. The zero-order valence-electron chi connectivity index (χ0n) is 13.2. The molecule has 23 heavy (non-hydrogen) atoms. The van der Waals surface area contributed by atoms with Crippen molar-refractivity contribution in [3.05, 3.63) is 18.1 Å². The van der Waals surface area contributed by atoms with Crippen molar-refractivity contribution in [2.75, 3.05) is 24.5 Å². The minimum absolute atomic E-state index is 0.127. The van der Waals surface area contributed by atoms with Crippen LogP contribution in [-0.2, 0) is 13.0 Å². The minimum Gasteiger partial charge on any atom is -0.339 e. The van der Waals surface area contributed by atoms with Gasteiger partial charge in [-0.25, -0.2) is 4.98 Å². The predicted octanol–water partition coefficient (Wildman–Crippen LogP) is 4.30. The first-order valence-corrected chi connectivity index (χ1v) is 10.6. The number of hydrogen-bond donors (Lipinski definition) is 1. The maximum atomic E-state index is 5.08. The van der Waals surface area contributed by atoms with Crippen LogP contribution in [0.3, 0.4) is 0 Å². The van der Waals surface area contributed by atoms with E-state index >= 15 is 0 Å². The Kier molecular flexibility index (Phi) is 4.22. The maximum Gasteiger partial charge on any atom is 0.206 e. The van der Waals surface area contributed by atoms with Gasteiger partial charge in [-0.1, -0.05) is 0 Å². The largest absolute Gasteiger partial charge is 0.339 e. The molecule has 1 aromatic carbocycles. The number of aryl methyl sites for hydroxylation is 2. The Bertz CT molecular complexity index is 799. The molecule has 0 unspecified atom stereocenters. The lowest BCUT2D eigenvalue weighted by Crippen LogP contribution is -2.57. The molecular formula is C16H19Br2IN4. The number of anilines is 1. The zero-order chi connectivity index (χ0) is 16.4. The van der Waals surface area contributed by atoms with Gasteiger partial charge >= 0.3 is 0 Å². The van der Waals surface area contributed by atoms with Crippen LogP contribution in [-0.4, -0.2) is 34.7 Å². The van der Waals surface area contributed by atoms with Gasteiger partial charge in [0.05, 0.1) is 9.09 Å². The van der Waals surface area contributed by atoms with E-state index in [1.165, 1.54) is 25.5 Å². The van der Waals surface area contributed by atoms with E-state index in [-0.39, 0.29) is 5.54 Å². The van der Waals surface area contributed by atoms with E-state index in [9.17, 15) is 0 Å². The lowest BCUT2D eigenvalue weighted by atomic mass is 10.0. The molecule has 0 aliphatic carbocycles. The molecule has 1 N–H and O–H groups in total. The number of hydrogen-bond acceptors (Lipinski definition) is 3. The second-order valence-corrected chi connectivity index (χ2v) is 9.68. The SMILES string of the molecule is CC1(C)CN(c2nc3c(I)c(Br)c(Br)c4c3n2CCC4)CCN1. The van der Waals surface area contributed by atoms with Crippen molar-refractivity contribution in [3.8, 4) is 0 Å². The average molecular weight is 554 g/mol. The Hall–Kier alpha value is 0.140. The number of rotatable bonds is 1. The highest BCUT2D eigenvalue weighted by Gasteiger charge is 2.31. The van der Waals surface area contributed by atoms with Crippen molar-refractivity contribution in [2.45, 2.75) is 38.8 Å². The molecular weight excluding hydrogens is 535 g/mol. The molecule has 0 amide bonds. The summed E-state index contributed by atoms with van der Waals surface area (Å²) in [5.74, 6) is 1.14. The van der Waals surface area contributed by atoms with Gasteiger partial charge in [-0.05, 0) is 86.7 Å². The molecule has 0 radical (unpaired) electrons. The van der Waals surface area contributed by atoms with Gasteiger partial charge in [0.2, 0.25) is 5.95 Å². The molecule has 2 aliphatic heterocycles. The summed E-state index contributed by atoms with van der Waals surface area (Å²) in [6.07, 6.45) is 2.29. The van der Waals surface area contributed by atoms with Crippen LogP contribution in [0.4, 0.5) is 5.95 Å². The lowest BCUT2D eigenvalue weighted by molar-refractivity contribution is 0.348. The first-order valence-electron chi connectivity index (χ1n) is 7.94. The van der Waals surface area contributed by atoms with E-state index in [1.807, 2.05) is 0 Å². The second-order valence-electron chi connectivity index (χ2n) is 7.02. The fourth-order valence-corrected chi connectivity index (χ4v) is 5.77. The molecule has 0 spiro atoms. The Morgan fingerprint density at radius 3 is 2.74 bits per heavy atom. The first kappa shape index (κ1) is 16.6. The molecule has 4 nitrogen and oxygen atoms in total. The molecule has 1 fully saturated rings. The Labute approximate surface area is 166 Å². The van der Waals surface area contributed by atoms with Gasteiger partial charge < -0.3 is 14.8 Å². The summed E-state index contributed by atoms with van der Waals surface area (Å²) in [6.45, 7) is 8.60. The molecule has 124 valence electrons. The van der Waals surface area contributed by atoms with Gasteiger partial charge in [0, 0.05) is 40.7 Å². The number of benzene rings is 1. The van der Waals surface area contributed by atoms with Gasteiger partial charge in [-0.3, -0.25) is 0 Å². The van der Waals surface area contributed by atoms with Crippen LogP contribution in [0.5, 0.6) is 0 Å². The summed E-state index contributed by atoms with van der Waals surface area (Å²) in [6, 6.07) is 0. The van der Waals surface area contributed by atoms with Crippen LogP contribution in [0.2, 0.25) is 0 Å². The summed E-state index contributed by atoms with van der Waals surface area (Å²) < 4.78 is 5.97. The van der Waals surface area contributed by atoms with Gasteiger partial charge in [-0.15, -0.1) is 0 Å². The van der Waals surface area contributed by atoms with E-state index in [4.69, 9.17) is 4.98 Å². The summed E-state index contributed by atoms with van der Waals surface area (Å²) in [7, 11) is 0. The van der Waals surface area contributed by atoms with Gasteiger partial charge in [0.25, 0.3) is 0 Å². The molecule has 7 heteroatoms. The summed E-state index contributed by atoms with van der Waals surface area (Å²) in [5, 5.41) is 3.59. The van der Waals surface area contributed by atoms with E-state index in [1.54, 1.807) is 0 Å². The van der Waals surface area contributed by atoms with Crippen molar-refractivity contribution in [2.24, 2.45) is 0 Å². The smallest absolute Gasteiger partial charge is 0.206 e. The van der Waals surface area contributed by atoms with Gasteiger partial charge in [0.1, 0.15) is 5.52 Å². The van der Waals surface area contributed by atoms with Crippen molar-refractivity contribution >= 4 is 71.4 Å². The molecule has 2 aliphatic rings. The van der Waals surface area contributed by atoms with Crippen LogP contribution < -0.4 is 10.2 Å². The van der Waals surface area contributed by atoms with Crippen LogP contribution in [0.25, 0.3) is 11.0 Å². The molecule has 1 aromatic heterocycles. The Balaban J connectivity index is 1.93. The van der Waals surface area contributed by atoms with Crippen LogP contribution >= 0.6 is 54.5 Å². The zero-order valence-corrected chi connectivity index (χ0v) is 18.5. The normalized spacial score (nSPS) is 20.3. The molecule has 2 aromatic rings. The highest BCUT2D eigenvalue weighted by atomic mass is 127. The number of halogens is 3. The van der Waals surface area contributed by atoms with Crippen molar-refractivity contribution in [1.29, 1.82) is 0 Å². The third kappa shape index (κ3) is 2.66. The molecule has 1 saturated heterocycles.